The molecule has 2 aromatic rings. The van der Waals surface area contributed by atoms with E-state index in [-0.39, 0.29) is 5.91 Å². The van der Waals surface area contributed by atoms with Crippen LogP contribution in [0.1, 0.15) is 11.1 Å². The Morgan fingerprint density at radius 3 is 2.81 bits per heavy atom. The molecule has 0 aliphatic heterocycles. The molecule has 108 valence electrons. The molecular formula is C17H18N2O2. The average Bonchev–Trinajstić information content (AvgIpc) is 2.49. The van der Waals surface area contributed by atoms with Gasteiger partial charge in [0.05, 0.1) is 7.11 Å². The number of anilines is 2. The van der Waals surface area contributed by atoms with Gasteiger partial charge in [-0.25, -0.2) is 0 Å². The van der Waals surface area contributed by atoms with Gasteiger partial charge >= 0.3 is 0 Å². The Bertz CT molecular complexity index is 678. The van der Waals surface area contributed by atoms with Gasteiger partial charge in [0.15, 0.2) is 0 Å². The maximum absolute atomic E-state index is 11.9. The Balaban J connectivity index is 2.07. The van der Waals surface area contributed by atoms with Gasteiger partial charge in [-0.3, -0.25) is 4.79 Å². The quantitative estimate of drug-likeness (QED) is 0.668. The number of ether oxygens (including phenoxy) is 1. The van der Waals surface area contributed by atoms with Crippen LogP contribution in [0.2, 0.25) is 0 Å². The number of aryl methyl sites for hydroxylation is 1. The third kappa shape index (κ3) is 4.11. The lowest BCUT2D eigenvalue weighted by Crippen LogP contribution is -2.09. The molecule has 0 fully saturated rings. The van der Waals surface area contributed by atoms with Gasteiger partial charge in [-0.2, -0.15) is 0 Å². The van der Waals surface area contributed by atoms with Crippen molar-refractivity contribution < 1.29 is 9.53 Å². The van der Waals surface area contributed by atoms with Crippen LogP contribution in [0.25, 0.3) is 6.08 Å². The van der Waals surface area contributed by atoms with E-state index >= 15 is 0 Å². The number of hydrogen-bond acceptors (Lipinski definition) is 3. The average molecular weight is 282 g/mol. The van der Waals surface area contributed by atoms with Crippen molar-refractivity contribution in [1.82, 2.24) is 0 Å². The summed E-state index contributed by atoms with van der Waals surface area (Å²) in [7, 11) is 1.61. The molecule has 0 aliphatic rings. The number of nitrogens with two attached hydrogens (primary N) is 1. The topological polar surface area (TPSA) is 64.3 Å². The third-order valence-electron chi connectivity index (χ3n) is 3.04. The molecule has 0 radical (unpaired) electrons. The third-order valence-corrected chi connectivity index (χ3v) is 3.04. The second kappa shape index (κ2) is 6.61. The first-order chi connectivity index (χ1) is 10.1. The first-order valence-corrected chi connectivity index (χ1v) is 6.58. The van der Waals surface area contributed by atoms with Crippen molar-refractivity contribution >= 4 is 23.4 Å². The number of rotatable bonds is 4. The number of hydrogen-bond donors (Lipinski definition) is 2. The van der Waals surface area contributed by atoms with Gasteiger partial charge < -0.3 is 15.8 Å². The minimum atomic E-state index is -0.202. The van der Waals surface area contributed by atoms with Crippen LogP contribution in [0.3, 0.4) is 0 Å². The molecule has 0 saturated carbocycles. The Hall–Kier alpha value is -2.75. The van der Waals surface area contributed by atoms with Gasteiger partial charge in [0.25, 0.3) is 0 Å². The zero-order valence-electron chi connectivity index (χ0n) is 12.1. The standard InChI is InChI=1S/C17H18N2O2/c1-12-6-8-14(18)11-16(12)19-17(20)9-7-13-4-3-5-15(10-13)21-2/h3-11H,18H2,1-2H3,(H,19,20)/b9-7+. The van der Waals surface area contributed by atoms with E-state index in [0.717, 1.165) is 22.6 Å². The molecule has 2 aromatic carbocycles. The second-order valence-corrected chi connectivity index (χ2v) is 4.67. The maximum Gasteiger partial charge on any atom is 0.248 e. The fourth-order valence-corrected chi connectivity index (χ4v) is 1.87. The van der Waals surface area contributed by atoms with Crippen LogP contribution < -0.4 is 15.8 Å². The molecule has 4 heteroatoms. The fourth-order valence-electron chi connectivity index (χ4n) is 1.87. The van der Waals surface area contributed by atoms with E-state index in [0.29, 0.717) is 5.69 Å². The minimum absolute atomic E-state index is 0.202. The zero-order chi connectivity index (χ0) is 15.2. The van der Waals surface area contributed by atoms with Gasteiger partial charge in [-0.15, -0.1) is 0 Å². The van der Waals surface area contributed by atoms with Crippen LogP contribution in [-0.2, 0) is 4.79 Å². The van der Waals surface area contributed by atoms with E-state index in [1.807, 2.05) is 37.3 Å². The molecule has 21 heavy (non-hydrogen) atoms. The molecule has 0 aromatic heterocycles. The number of nitrogens with one attached hydrogen (secondary N) is 1. The highest BCUT2D eigenvalue weighted by Crippen LogP contribution is 2.18. The molecule has 2 rings (SSSR count). The summed E-state index contributed by atoms with van der Waals surface area (Å²) < 4.78 is 5.14. The monoisotopic (exact) mass is 282 g/mol. The van der Waals surface area contributed by atoms with Crippen molar-refractivity contribution in [2.24, 2.45) is 0 Å². The van der Waals surface area contributed by atoms with Gasteiger partial charge in [-0.1, -0.05) is 18.2 Å². The summed E-state index contributed by atoms with van der Waals surface area (Å²) >= 11 is 0. The number of carbonyl (C=O) groups excluding carboxylic acids is 1. The fraction of sp³-hybridized carbons (Fsp3) is 0.118. The predicted molar refractivity (Wildman–Crippen MR) is 86.2 cm³/mol. The molecule has 4 nitrogen and oxygen atoms in total. The Labute approximate surface area is 124 Å². The van der Waals surface area contributed by atoms with Gasteiger partial charge in [0, 0.05) is 17.5 Å². The van der Waals surface area contributed by atoms with Crippen LogP contribution in [0, 0.1) is 6.92 Å². The number of benzene rings is 2. The molecule has 3 N–H and O–H groups in total. The van der Waals surface area contributed by atoms with Crippen molar-refractivity contribution in [2.75, 3.05) is 18.2 Å². The zero-order valence-corrected chi connectivity index (χ0v) is 12.1. The van der Waals surface area contributed by atoms with Crippen molar-refractivity contribution in [1.29, 1.82) is 0 Å². The van der Waals surface area contributed by atoms with E-state index in [4.69, 9.17) is 10.5 Å². The number of carbonyl (C=O) groups is 1. The highest BCUT2D eigenvalue weighted by atomic mass is 16.5. The summed E-state index contributed by atoms with van der Waals surface area (Å²) in [5.74, 6) is 0.552. The maximum atomic E-state index is 11.9. The number of amides is 1. The van der Waals surface area contributed by atoms with Crippen LogP contribution in [0.4, 0.5) is 11.4 Å². The summed E-state index contributed by atoms with van der Waals surface area (Å²) in [6.07, 6.45) is 3.22. The summed E-state index contributed by atoms with van der Waals surface area (Å²) in [4.78, 5) is 11.9. The van der Waals surface area contributed by atoms with E-state index < -0.39 is 0 Å². The molecule has 0 aliphatic carbocycles. The van der Waals surface area contributed by atoms with E-state index in [1.165, 1.54) is 6.08 Å². The molecule has 0 bridgehead atoms. The Morgan fingerprint density at radius 1 is 1.24 bits per heavy atom. The van der Waals surface area contributed by atoms with Crippen molar-refractivity contribution in [3.05, 3.63) is 59.7 Å². The lowest BCUT2D eigenvalue weighted by molar-refractivity contribution is -0.111. The van der Waals surface area contributed by atoms with Crippen molar-refractivity contribution in [3.63, 3.8) is 0 Å². The first-order valence-electron chi connectivity index (χ1n) is 6.58. The van der Waals surface area contributed by atoms with Crippen molar-refractivity contribution in [3.8, 4) is 5.75 Å². The molecule has 1 amide bonds. The lowest BCUT2D eigenvalue weighted by Gasteiger charge is -2.07. The molecule has 0 unspecified atom stereocenters. The number of nitrogen functional groups attached to an aromatic ring is 1. The summed E-state index contributed by atoms with van der Waals surface area (Å²) in [5, 5.41) is 2.81. The van der Waals surface area contributed by atoms with Gasteiger partial charge in [0.1, 0.15) is 5.75 Å². The molecule has 0 saturated heterocycles. The Morgan fingerprint density at radius 2 is 2.05 bits per heavy atom. The normalized spacial score (nSPS) is 10.6. The van der Waals surface area contributed by atoms with E-state index in [9.17, 15) is 4.79 Å². The smallest absolute Gasteiger partial charge is 0.248 e. The van der Waals surface area contributed by atoms with Gasteiger partial charge in [-0.05, 0) is 48.4 Å². The summed E-state index contributed by atoms with van der Waals surface area (Å²) in [6.45, 7) is 1.92. The molecule has 0 spiro atoms. The van der Waals surface area contributed by atoms with E-state index in [1.54, 1.807) is 25.3 Å². The molecule has 0 heterocycles. The second-order valence-electron chi connectivity index (χ2n) is 4.67. The molecular weight excluding hydrogens is 264 g/mol. The highest BCUT2D eigenvalue weighted by molar-refractivity contribution is 6.02. The largest absolute Gasteiger partial charge is 0.497 e. The molecule has 0 atom stereocenters. The van der Waals surface area contributed by atoms with Crippen LogP contribution >= 0.6 is 0 Å². The Kier molecular flexibility index (Phi) is 4.61. The van der Waals surface area contributed by atoms with Gasteiger partial charge in [0.2, 0.25) is 5.91 Å². The van der Waals surface area contributed by atoms with E-state index in [2.05, 4.69) is 5.32 Å². The van der Waals surface area contributed by atoms with Crippen LogP contribution in [-0.4, -0.2) is 13.0 Å². The summed E-state index contributed by atoms with van der Waals surface area (Å²) in [5.41, 5.74) is 8.92. The van der Waals surface area contributed by atoms with Crippen LogP contribution in [0.5, 0.6) is 5.75 Å². The van der Waals surface area contributed by atoms with Crippen molar-refractivity contribution in [2.45, 2.75) is 6.92 Å². The highest BCUT2D eigenvalue weighted by Gasteiger charge is 2.02. The predicted octanol–water partition coefficient (Wildman–Crippen LogP) is 3.24. The lowest BCUT2D eigenvalue weighted by atomic mass is 10.1. The summed E-state index contributed by atoms with van der Waals surface area (Å²) in [6, 6.07) is 12.9. The first kappa shape index (κ1) is 14.7. The SMILES string of the molecule is COc1cccc(/C=C/C(=O)Nc2cc(N)ccc2C)c1. The van der Waals surface area contributed by atoms with Crippen LogP contribution in [0.15, 0.2) is 48.5 Å². The number of methoxy groups -OCH3 is 1. The minimum Gasteiger partial charge on any atom is -0.497 e.